The highest BCUT2D eigenvalue weighted by Gasteiger charge is 2.30. The molecule has 2 rings (SSSR count). The van der Waals surface area contributed by atoms with Gasteiger partial charge in [-0.15, -0.1) is 0 Å². The van der Waals surface area contributed by atoms with Crippen LogP contribution in [0.2, 0.25) is 5.02 Å². The van der Waals surface area contributed by atoms with E-state index in [4.69, 9.17) is 11.6 Å². The van der Waals surface area contributed by atoms with Gasteiger partial charge in [0.05, 0.1) is 5.56 Å². The molecule has 0 unspecified atom stereocenters. The number of benzene rings is 1. The molecule has 1 amide bonds. The smallest absolute Gasteiger partial charge is 0.347 e. The van der Waals surface area contributed by atoms with Crippen molar-refractivity contribution in [2.75, 3.05) is 0 Å². The SMILES string of the molecule is O=C(NCc1cccc(C(F)(F)F)c1)c1cc(Cl)ccn1. The molecule has 7 heteroatoms. The predicted octanol–water partition coefficient (Wildman–Crippen LogP) is 3.68. The number of halogens is 4. The Balaban J connectivity index is 2.05. The molecule has 21 heavy (non-hydrogen) atoms. The van der Waals surface area contributed by atoms with Crippen molar-refractivity contribution >= 4 is 17.5 Å². The average Bonchev–Trinajstić information content (AvgIpc) is 2.44. The second-order valence-electron chi connectivity index (χ2n) is 4.24. The quantitative estimate of drug-likeness (QED) is 0.939. The molecule has 2 aromatic rings. The zero-order valence-corrected chi connectivity index (χ0v) is 11.4. The van der Waals surface area contributed by atoms with Crippen molar-refractivity contribution < 1.29 is 18.0 Å². The van der Waals surface area contributed by atoms with Crippen LogP contribution in [0.1, 0.15) is 21.6 Å². The third-order valence-electron chi connectivity index (χ3n) is 2.66. The van der Waals surface area contributed by atoms with E-state index in [9.17, 15) is 18.0 Å². The summed E-state index contributed by atoms with van der Waals surface area (Å²) >= 11 is 5.73. The second-order valence-corrected chi connectivity index (χ2v) is 4.68. The summed E-state index contributed by atoms with van der Waals surface area (Å²) in [5.74, 6) is -0.505. The van der Waals surface area contributed by atoms with E-state index in [0.29, 0.717) is 10.6 Å². The Morgan fingerprint density at radius 1 is 1.24 bits per heavy atom. The van der Waals surface area contributed by atoms with Gasteiger partial charge in [0.2, 0.25) is 0 Å². The topological polar surface area (TPSA) is 42.0 Å². The van der Waals surface area contributed by atoms with Crippen molar-refractivity contribution in [1.29, 1.82) is 0 Å². The summed E-state index contributed by atoms with van der Waals surface area (Å²) in [4.78, 5) is 15.6. The van der Waals surface area contributed by atoms with E-state index in [0.717, 1.165) is 12.1 Å². The van der Waals surface area contributed by atoms with Crippen LogP contribution in [0.25, 0.3) is 0 Å². The standard InChI is InChI=1S/C14H10ClF3N2O/c15-11-4-5-19-12(7-11)13(21)20-8-9-2-1-3-10(6-9)14(16,17)18/h1-7H,8H2,(H,20,21). The summed E-state index contributed by atoms with van der Waals surface area (Å²) in [5.41, 5.74) is -0.301. The maximum Gasteiger partial charge on any atom is 0.416 e. The van der Waals surface area contributed by atoms with Gasteiger partial charge < -0.3 is 5.32 Å². The highest BCUT2D eigenvalue weighted by Crippen LogP contribution is 2.29. The number of aromatic nitrogens is 1. The number of hydrogen-bond acceptors (Lipinski definition) is 2. The van der Waals surface area contributed by atoms with E-state index in [1.54, 1.807) is 0 Å². The third kappa shape index (κ3) is 4.19. The molecule has 110 valence electrons. The molecular formula is C14H10ClF3N2O. The molecule has 0 atom stereocenters. The lowest BCUT2D eigenvalue weighted by molar-refractivity contribution is -0.137. The molecule has 0 spiro atoms. The first-order valence-electron chi connectivity index (χ1n) is 5.92. The number of rotatable bonds is 3. The Bertz CT molecular complexity index is 659. The maximum absolute atomic E-state index is 12.6. The largest absolute Gasteiger partial charge is 0.416 e. The van der Waals surface area contributed by atoms with E-state index in [2.05, 4.69) is 10.3 Å². The zero-order valence-electron chi connectivity index (χ0n) is 10.6. The van der Waals surface area contributed by atoms with Crippen LogP contribution < -0.4 is 5.32 Å². The molecule has 0 aliphatic carbocycles. The molecule has 0 radical (unpaired) electrons. The van der Waals surface area contributed by atoms with Crippen LogP contribution in [0.4, 0.5) is 13.2 Å². The summed E-state index contributed by atoms with van der Waals surface area (Å²) in [5, 5.41) is 2.85. The molecule has 0 fully saturated rings. The number of alkyl halides is 3. The molecule has 0 aliphatic rings. The lowest BCUT2D eigenvalue weighted by atomic mass is 10.1. The van der Waals surface area contributed by atoms with E-state index in [1.807, 2.05) is 0 Å². The Labute approximate surface area is 123 Å². The monoisotopic (exact) mass is 314 g/mol. The second kappa shape index (κ2) is 6.13. The van der Waals surface area contributed by atoms with Crippen LogP contribution in [0.3, 0.4) is 0 Å². The molecule has 1 heterocycles. The zero-order chi connectivity index (χ0) is 15.5. The van der Waals surface area contributed by atoms with Crippen molar-refractivity contribution in [2.24, 2.45) is 0 Å². The van der Waals surface area contributed by atoms with E-state index in [-0.39, 0.29) is 12.2 Å². The van der Waals surface area contributed by atoms with Gasteiger partial charge in [-0.05, 0) is 29.8 Å². The number of carbonyl (C=O) groups excluding carboxylic acids is 1. The Kier molecular flexibility index (Phi) is 4.47. The van der Waals surface area contributed by atoms with Crippen molar-refractivity contribution in [3.05, 3.63) is 64.4 Å². The number of nitrogens with one attached hydrogen (secondary N) is 1. The van der Waals surface area contributed by atoms with E-state index in [1.165, 1.54) is 30.5 Å². The molecular weight excluding hydrogens is 305 g/mol. The number of nitrogens with zero attached hydrogens (tertiary/aromatic N) is 1. The van der Waals surface area contributed by atoms with Crippen LogP contribution in [-0.4, -0.2) is 10.9 Å². The van der Waals surface area contributed by atoms with Gasteiger partial charge in [0.15, 0.2) is 0 Å². The summed E-state index contributed by atoms with van der Waals surface area (Å²) in [6, 6.07) is 7.66. The minimum Gasteiger partial charge on any atom is -0.347 e. The Hall–Kier alpha value is -2.08. The van der Waals surface area contributed by atoms with Crippen molar-refractivity contribution in [1.82, 2.24) is 10.3 Å². The van der Waals surface area contributed by atoms with E-state index < -0.39 is 17.6 Å². The first-order chi connectivity index (χ1) is 9.86. The number of hydrogen-bond donors (Lipinski definition) is 1. The highest BCUT2D eigenvalue weighted by atomic mass is 35.5. The predicted molar refractivity (Wildman–Crippen MR) is 71.9 cm³/mol. The summed E-state index contributed by atoms with van der Waals surface area (Å²) in [6.07, 6.45) is -3.03. The molecule has 3 nitrogen and oxygen atoms in total. The van der Waals surface area contributed by atoms with Gasteiger partial charge in [0, 0.05) is 17.8 Å². The molecule has 1 N–H and O–H groups in total. The maximum atomic E-state index is 12.6. The summed E-state index contributed by atoms with van der Waals surface area (Å²) in [6.45, 7) is -0.0308. The lowest BCUT2D eigenvalue weighted by Crippen LogP contribution is -2.24. The average molecular weight is 315 g/mol. The van der Waals surface area contributed by atoms with Crippen molar-refractivity contribution in [3.8, 4) is 0 Å². The van der Waals surface area contributed by atoms with Crippen LogP contribution in [0.5, 0.6) is 0 Å². The minimum absolute atomic E-state index is 0.0308. The van der Waals surface area contributed by atoms with Gasteiger partial charge >= 0.3 is 6.18 Å². The van der Waals surface area contributed by atoms with Crippen LogP contribution in [-0.2, 0) is 12.7 Å². The normalized spacial score (nSPS) is 11.2. The molecule has 1 aromatic heterocycles. The fourth-order valence-electron chi connectivity index (χ4n) is 1.66. The van der Waals surface area contributed by atoms with Crippen LogP contribution in [0, 0.1) is 0 Å². The minimum atomic E-state index is -4.41. The van der Waals surface area contributed by atoms with Gasteiger partial charge in [-0.3, -0.25) is 9.78 Å². The van der Waals surface area contributed by atoms with Gasteiger partial charge in [-0.1, -0.05) is 23.7 Å². The van der Waals surface area contributed by atoms with Crippen molar-refractivity contribution in [2.45, 2.75) is 12.7 Å². The fourth-order valence-corrected chi connectivity index (χ4v) is 1.82. The van der Waals surface area contributed by atoms with E-state index >= 15 is 0 Å². The number of carbonyl (C=O) groups is 1. The van der Waals surface area contributed by atoms with Gasteiger partial charge in [0.25, 0.3) is 5.91 Å². The number of amides is 1. The molecule has 0 saturated heterocycles. The first-order valence-corrected chi connectivity index (χ1v) is 6.30. The summed E-state index contributed by atoms with van der Waals surface area (Å²) in [7, 11) is 0. The Morgan fingerprint density at radius 3 is 2.67 bits per heavy atom. The summed E-state index contributed by atoms with van der Waals surface area (Å²) < 4.78 is 37.7. The van der Waals surface area contributed by atoms with Gasteiger partial charge in [-0.2, -0.15) is 13.2 Å². The fraction of sp³-hybridized carbons (Fsp3) is 0.143. The van der Waals surface area contributed by atoms with Crippen LogP contribution >= 0.6 is 11.6 Å². The molecule has 0 saturated carbocycles. The van der Waals surface area contributed by atoms with Crippen LogP contribution in [0.15, 0.2) is 42.6 Å². The van der Waals surface area contributed by atoms with Crippen molar-refractivity contribution in [3.63, 3.8) is 0 Å². The first kappa shape index (κ1) is 15.3. The van der Waals surface area contributed by atoms with Gasteiger partial charge in [-0.25, -0.2) is 0 Å². The molecule has 0 bridgehead atoms. The lowest BCUT2D eigenvalue weighted by Gasteiger charge is -2.09. The Morgan fingerprint density at radius 2 is 2.00 bits per heavy atom. The molecule has 0 aliphatic heterocycles. The number of pyridine rings is 1. The molecule has 1 aromatic carbocycles. The highest BCUT2D eigenvalue weighted by molar-refractivity contribution is 6.30. The van der Waals surface area contributed by atoms with Gasteiger partial charge in [0.1, 0.15) is 5.69 Å². The third-order valence-corrected chi connectivity index (χ3v) is 2.90.